The number of carboxylic acid groups (broad SMARTS) is 1. The highest BCUT2D eigenvalue weighted by molar-refractivity contribution is 6.31. The van der Waals surface area contributed by atoms with Crippen molar-refractivity contribution >= 4 is 23.5 Å². The highest BCUT2D eigenvalue weighted by Crippen LogP contribution is 2.44. The normalized spacial score (nSPS) is 20.5. The second-order valence-electron chi connectivity index (χ2n) is 10.0. The van der Waals surface area contributed by atoms with Gasteiger partial charge in [-0.05, 0) is 41.0 Å². The molecule has 0 radical (unpaired) electrons. The van der Waals surface area contributed by atoms with Gasteiger partial charge in [0.25, 0.3) is 0 Å². The van der Waals surface area contributed by atoms with Crippen LogP contribution in [0, 0.1) is 11.3 Å². The van der Waals surface area contributed by atoms with Gasteiger partial charge in [0.1, 0.15) is 0 Å². The molecular weight excluding hydrogens is 414 g/mol. The Morgan fingerprint density at radius 2 is 2.03 bits per heavy atom. The minimum Gasteiger partial charge on any atom is -0.481 e. The number of aliphatic carboxylic acids is 1. The van der Waals surface area contributed by atoms with Gasteiger partial charge in [0.2, 0.25) is 5.91 Å². The number of aryl methyl sites for hydroxylation is 1. The van der Waals surface area contributed by atoms with Crippen molar-refractivity contribution in [3.8, 4) is 0 Å². The molecule has 31 heavy (non-hydrogen) atoms. The monoisotopic (exact) mass is 449 g/mol. The summed E-state index contributed by atoms with van der Waals surface area (Å²) >= 11 is 6.67. The summed E-state index contributed by atoms with van der Waals surface area (Å²) in [5.74, 6) is -0.932. The molecular formula is C25H36ClNO4. The average molecular weight is 450 g/mol. The molecule has 0 aliphatic carbocycles. The Morgan fingerprint density at radius 3 is 2.58 bits per heavy atom. The highest BCUT2D eigenvalue weighted by atomic mass is 35.5. The Balaban J connectivity index is 2.41. The van der Waals surface area contributed by atoms with Gasteiger partial charge in [0.05, 0.1) is 13.0 Å². The lowest BCUT2D eigenvalue weighted by Crippen LogP contribution is -2.43. The third-order valence-electron chi connectivity index (χ3n) is 6.11. The molecule has 1 unspecified atom stereocenters. The van der Waals surface area contributed by atoms with Crippen molar-refractivity contribution in [3.05, 3.63) is 46.1 Å². The largest absolute Gasteiger partial charge is 0.481 e. The SMILES string of the molecule is COCC(C)C1=CN(CCC(=O)O)C(=O)C[C@@]1(C)c1ccc(CCC(C)(C)C)c(Cl)c1. The number of amides is 1. The van der Waals surface area contributed by atoms with Crippen LogP contribution in [-0.2, 0) is 26.2 Å². The van der Waals surface area contributed by atoms with Crippen LogP contribution in [-0.4, -0.2) is 42.1 Å². The lowest BCUT2D eigenvalue weighted by molar-refractivity contribution is -0.138. The number of hydrogen-bond donors (Lipinski definition) is 1. The van der Waals surface area contributed by atoms with Crippen LogP contribution in [0.1, 0.15) is 65.0 Å². The molecule has 1 aromatic rings. The molecule has 0 aromatic heterocycles. The fourth-order valence-corrected chi connectivity index (χ4v) is 4.45. The molecule has 0 bridgehead atoms. The highest BCUT2D eigenvalue weighted by Gasteiger charge is 2.41. The van der Waals surface area contributed by atoms with Gasteiger partial charge in [-0.25, -0.2) is 0 Å². The molecule has 6 heteroatoms. The van der Waals surface area contributed by atoms with Crippen molar-refractivity contribution in [3.63, 3.8) is 0 Å². The van der Waals surface area contributed by atoms with Crippen LogP contribution in [0.25, 0.3) is 0 Å². The zero-order chi connectivity index (χ0) is 23.4. The Hall–Kier alpha value is -1.85. The summed E-state index contributed by atoms with van der Waals surface area (Å²) in [6, 6.07) is 6.15. The first-order valence-corrected chi connectivity index (χ1v) is 11.3. The number of nitrogens with zero attached hydrogens (tertiary/aromatic N) is 1. The molecule has 172 valence electrons. The molecule has 0 fully saturated rings. The Labute approximate surface area is 191 Å². The van der Waals surface area contributed by atoms with E-state index in [1.807, 2.05) is 12.3 Å². The fourth-order valence-electron chi connectivity index (χ4n) is 4.18. The smallest absolute Gasteiger partial charge is 0.305 e. The third-order valence-corrected chi connectivity index (χ3v) is 6.46. The van der Waals surface area contributed by atoms with Crippen molar-refractivity contribution in [2.45, 2.75) is 65.7 Å². The molecule has 0 saturated heterocycles. The number of carbonyl (C=O) groups excluding carboxylic acids is 1. The zero-order valence-corrected chi connectivity index (χ0v) is 20.4. The van der Waals surface area contributed by atoms with Crippen molar-refractivity contribution in [2.24, 2.45) is 11.3 Å². The summed E-state index contributed by atoms with van der Waals surface area (Å²) in [4.78, 5) is 25.5. The minimum absolute atomic E-state index is 0.0646. The predicted octanol–water partition coefficient (Wildman–Crippen LogP) is 5.45. The molecule has 0 saturated carbocycles. The van der Waals surface area contributed by atoms with E-state index in [-0.39, 0.29) is 36.6 Å². The van der Waals surface area contributed by atoms with E-state index in [0.29, 0.717) is 6.61 Å². The van der Waals surface area contributed by atoms with Gasteiger partial charge < -0.3 is 14.7 Å². The number of halogens is 1. The number of benzene rings is 1. The maximum atomic E-state index is 12.9. The van der Waals surface area contributed by atoms with E-state index in [1.165, 1.54) is 4.90 Å². The molecule has 0 spiro atoms. The Morgan fingerprint density at radius 1 is 1.35 bits per heavy atom. The predicted molar refractivity (Wildman–Crippen MR) is 124 cm³/mol. The number of hydrogen-bond acceptors (Lipinski definition) is 3. The van der Waals surface area contributed by atoms with Gasteiger partial charge in [0.15, 0.2) is 0 Å². The van der Waals surface area contributed by atoms with Gasteiger partial charge >= 0.3 is 5.97 Å². The summed E-state index contributed by atoms with van der Waals surface area (Å²) in [6.45, 7) is 11.5. The topological polar surface area (TPSA) is 66.8 Å². The van der Waals surface area contributed by atoms with Crippen LogP contribution in [0.5, 0.6) is 0 Å². The fraction of sp³-hybridized carbons (Fsp3) is 0.600. The molecule has 1 aromatic carbocycles. The van der Waals surface area contributed by atoms with E-state index in [0.717, 1.165) is 34.6 Å². The first kappa shape index (κ1) is 25.4. The lowest BCUT2D eigenvalue weighted by Gasteiger charge is -2.41. The van der Waals surface area contributed by atoms with E-state index < -0.39 is 11.4 Å². The maximum Gasteiger partial charge on any atom is 0.305 e. The maximum absolute atomic E-state index is 12.9. The molecule has 1 N–H and O–H groups in total. The molecule has 1 heterocycles. The molecule has 1 amide bonds. The number of rotatable bonds is 9. The summed E-state index contributed by atoms with van der Waals surface area (Å²) in [6.07, 6.45) is 3.96. The molecule has 2 rings (SSSR count). The van der Waals surface area contributed by atoms with E-state index in [2.05, 4.69) is 46.8 Å². The number of ether oxygens (including phenoxy) is 1. The Kier molecular flexibility index (Phi) is 8.34. The lowest BCUT2D eigenvalue weighted by atomic mass is 9.68. The molecule has 1 aliphatic heterocycles. The van der Waals surface area contributed by atoms with Crippen molar-refractivity contribution in [2.75, 3.05) is 20.3 Å². The van der Waals surface area contributed by atoms with Gasteiger partial charge in [0, 0.05) is 42.6 Å². The van der Waals surface area contributed by atoms with Gasteiger partial charge in [-0.15, -0.1) is 0 Å². The summed E-state index contributed by atoms with van der Waals surface area (Å²) < 4.78 is 5.39. The number of carbonyl (C=O) groups is 2. The first-order valence-electron chi connectivity index (χ1n) is 10.9. The van der Waals surface area contributed by atoms with Crippen LogP contribution < -0.4 is 0 Å². The third kappa shape index (κ3) is 6.56. The summed E-state index contributed by atoms with van der Waals surface area (Å²) in [5, 5.41) is 9.75. The summed E-state index contributed by atoms with van der Waals surface area (Å²) in [5.41, 5.74) is 2.87. The Bertz CT molecular complexity index is 842. The van der Waals surface area contributed by atoms with Crippen LogP contribution in [0.15, 0.2) is 30.0 Å². The van der Waals surface area contributed by atoms with Crippen LogP contribution >= 0.6 is 11.6 Å². The van der Waals surface area contributed by atoms with Crippen molar-refractivity contribution in [1.82, 2.24) is 4.90 Å². The van der Waals surface area contributed by atoms with E-state index in [9.17, 15) is 9.59 Å². The standard InChI is InChI=1S/C25H36ClNO4/c1-17(16-31-6)20-15-27(12-10-23(29)30)22(28)14-25(20,5)19-8-7-18(21(26)13-19)9-11-24(2,3)4/h7-8,13,15,17H,9-12,14,16H2,1-6H3,(H,29,30)/t17?,25-/m0/s1. The number of methoxy groups -OCH3 is 1. The summed E-state index contributed by atoms with van der Waals surface area (Å²) in [7, 11) is 1.66. The first-order chi connectivity index (χ1) is 14.4. The zero-order valence-electron chi connectivity index (χ0n) is 19.6. The minimum atomic E-state index is -0.918. The van der Waals surface area contributed by atoms with Gasteiger partial charge in [-0.1, -0.05) is 58.4 Å². The molecule has 1 aliphatic rings. The molecule has 2 atom stereocenters. The second-order valence-corrected chi connectivity index (χ2v) is 10.5. The quantitative estimate of drug-likeness (QED) is 0.544. The van der Waals surface area contributed by atoms with E-state index in [1.54, 1.807) is 7.11 Å². The van der Waals surface area contributed by atoms with Gasteiger partial charge in [-0.2, -0.15) is 0 Å². The van der Waals surface area contributed by atoms with Crippen LogP contribution in [0.4, 0.5) is 0 Å². The second kappa shape index (κ2) is 10.2. The average Bonchev–Trinajstić information content (AvgIpc) is 2.65. The van der Waals surface area contributed by atoms with Crippen LogP contribution in [0.3, 0.4) is 0 Å². The number of carboxylic acids is 1. The van der Waals surface area contributed by atoms with Gasteiger partial charge in [-0.3, -0.25) is 9.59 Å². The van der Waals surface area contributed by atoms with Crippen molar-refractivity contribution in [1.29, 1.82) is 0 Å². The van der Waals surface area contributed by atoms with Crippen molar-refractivity contribution < 1.29 is 19.4 Å². The van der Waals surface area contributed by atoms with E-state index in [4.69, 9.17) is 21.4 Å². The van der Waals surface area contributed by atoms with Crippen LogP contribution in [0.2, 0.25) is 5.02 Å². The molecule has 5 nitrogen and oxygen atoms in total. The van der Waals surface area contributed by atoms with E-state index >= 15 is 0 Å².